The number of benzene rings is 2. The lowest BCUT2D eigenvalue weighted by Crippen LogP contribution is -2.07. The molecule has 0 aliphatic rings. The number of aromatic nitrogens is 1. The van der Waals surface area contributed by atoms with E-state index in [1.165, 1.54) is 7.11 Å². The molecular weight excluding hydrogens is 310 g/mol. The minimum atomic E-state index is -0.330. The molecule has 0 amide bonds. The van der Waals surface area contributed by atoms with Gasteiger partial charge in [0.1, 0.15) is 0 Å². The number of carbonyl (C=O) groups is 1. The number of para-hydroxylation sites is 1. The number of rotatable bonds is 2. The van der Waals surface area contributed by atoms with Crippen LogP contribution in [0.3, 0.4) is 0 Å². The van der Waals surface area contributed by atoms with Gasteiger partial charge in [-0.05, 0) is 18.6 Å². The van der Waals surface area contributed by atoms with Crippen molar-refractivity contribution in [3.05, 3.63) is 65.7 Å². The zero-order valence-electron chi connectivity index (χ0n) is 16.0. The summed E-state index contributed by atoms with van der Waals surface area (Å²) in [5, 5.41) is 0.821. The second-order valence-electron chi connectivity index (χ2n) is 4.84. The summed E-state index contributed by atoms with van der Waals surface area (Å²) in [6, 6.07) is 17.5. The summed E-state index contributed by atoms with van der Waals surface area (Å²) in [5.41, 5.74) is 4.02. The van der Waals surface area contributed by atoms with Crippen molar-refractivity contribution in [2.75, 3.05) is 7.11 Å². The molecule has 0 saturated heterocycles. The molecule has 0 radical (unpaired) electrons. The molecule has 2 aromatic carbocycles. The van der Waals surface area contributed by atoms with E-state index in [4.69, 9.17) is 9.72 Å². The molecule has 1 heterocycles. The Balaban J connectivity index is 0.000000730. The second-order valence-corrected chi connectivity index (χ2v) is 4.84. The summed E-state index contributed by atoms with van der Waals surface area (Å²) < 4.78 is 4.95. The molecule has 0 N–H and O–H groups in total. The lowest BCUT2D eigenvalue weighted by Gasteiger charge is -2.13. The summed E-state index contributed by atoms with van der Waals surface area (Å²) in [4.78, 5) is 16.9. The van der Waals surface area contributed by atoms with Gasteiger partial charge in [-0.2, -0.15) is 0 Å². The molecule has 3 aromatic rings. The fourth-order valence-corrected chi connectivity index (χ4v) is 2.55. The van der Waals surface area contributed by atoms with Crippen LogP contribution in [0.15, 0.2) is 54.6 Å². The van der Waals surface area contributed by atoms with E-state index in [9.17, 15) is 4.79 Å². The van der Waals surface area contributed by atoms with E-state index < -0.39 is 0 Å². The van der Waals surface area contributed by atoms with Crippen LogP contribution in [0.25, 0.3) is 22.2 Å². The van der Waals surface area contributed by atoms with E-state index in [1.807, 2.05) is 89.2 Å². The smallest absolute Gasteiger partial charge is 0.338 e. The molecule has 0 unspecified atom stereocenters. The van der Waals surface area contributed by atoms with Crippen molar-refractivity contribution < 1.29 is 9.53 Å². The highest BCUT2D eigenvalue weighted by molar-refractivity contribution is 6.06. The first-order valence-corrected chi connectivity index (χ1v) is 8.75. The van der Waals surface area contributed by atoms with Crippen LogP contribution in [0.4, 0.5) is 0 Å². The molecule has 0 aliphatic carbocycles. The van der Waals surface area contributed by atoms with Gasteiger partial charge in [-0.1, -0.05) is 76.2 Å². The second kappa shape index (κ2) is 10.2. The van der Waals surface area contributed by atoms with Gasteiger partial charge in [-0.25, -0.2) is 9.78 Å². The van der Waals surface area contributed by atoms with Crippen LogP contribution in [0.1, 0.15) is 43.6 Å². The molecule has 3 rings (SSSR count). The van der Waals surface area contributed by atoms with Gasteiger partial charge < -0.3 is 4.74 Å². The third-order valence-corrected chi connectivity index (χ3v) is 3.57. The van der Waals surface area contributed by atoms with Crippen molar-refractivity contribution in [2.24, 2.45) is 0 Å². The maximum absolute atomic E-state index is 12.2. The molecule has 0 atom stereocenters. The Morgan fingerprint density at radius 2 is 1.44 bits per heavy atom. The Kier molecular flexibility index (Phi) is 8.34. The Hall–Kier alpha value is -2.68. The number of nitrogens with zero attached hydrogens (tertiary/aromatic N) is 1. The molecule has 0 bridgehead atoms. The van der Waals surface area contributed by atoms with E-state index >= 15 is 0 Å². The van der Waals surface area contributed by atoms with Crippen molar-refractivity contribution in [3.63, 3.8) is 0 Å². The van der Waals surface area contributed by atoms with Crippen molar-refractivity contribution in [1.29, 1.82) is 0 Å². The molecule has 0 fully saturated rings. The standard InChI is InChI=1S/C18H15NO2.2C2H6/c1-12-16(18(20)21-2)14-10-6-7-11-15(14)19-17(12)13-8-4-3-5-9-13;2*1-2/h3-11H,1-2H3;2*1-2H3. The molecular formula is C22H27NO2. The van der Waals surface area contributed by atoms with E-state index in [1.54, 1.807) is 0 Å². The number of fused-ring (bicyclic) bond motifs is 1. The summed E-state index contributed by atoms with van der Waals surface area (Å²) in [7, 11) is 1.40. The lowest BCUT2D eigenvalue weighted by molar-refractivity contribution is 0.0602. The highest BCUT2D eigenvalue weighted by atomic mass is 16.5. The van der Waals surface area contributed by atoms with E-state index in [0.717, 1.165) is 27.7 Å². The minimum absolute atomic E-state index is 0.330. The van der Waals surface area contributed by atoms with Gasteiger partial charge in [0.05, 0.1) is 23.9 Å². The topological polar surface area (TPSA) is 39.2 Å². The zero-order chi connectivity index (χ0) is 18.8. The van der Waals surface area contributed by atoms with Gasteiger partial charge in [0.2, 0.25) is 0 Å². The largest absolute Gasteiger partial charge is 0.465 e. The van der Waals surface area contributed by atoms with Crippen LogP contribution in [-0.4, -0.2) is 18.1 Å². The van der Waals surface area contributed by atoms with Gasteiger partial charge in [-0.15, -0.1) is 0 Å². The SMILES string of the molecule is CC.CC.COC(=O)c1c(C)c(-c2ccccc2)nc2ccccc12. The third kappa shape index (κ3) is 4.44. The average molecular weight is 337 g/mol. The van der Waals surface area contributed by atoms with Gasteiger partial charge in [0, 0.05) is 10.9 Å². The lowest BCUT2D eigenvalue weighted by atomic mass is 9.98. The fraction of sp³-hybridized carbons (Fsp3) is 0.273. The maximum Gasteiger partial charge on any atom is 0.338 e. The number of esters is 1. The Morgan fingerprint density at radius 1 is 0.880 bits per heavy atom. The molecule has 0 spiro atoms. The molecule has 1 aromatic heterocycles. The number of pyridine rings is 1. The molecule has 0 aliphatic heterocycles. The summed E-state index contributed by atoms with van der Waals surface area (Å²) >= 11 is 0. The van der Waals surface area contributed by atoms with Crippen molar-refractivity contribution in [2.45, 2.75) is 34.6 Å². The molecule has 3 nitrogen and oxygen atoms in total. The highest BCUT2D eigenvalue weighted by Crippen LogP contribution is 2.29. The number of hydrogen-bond donors (Lipinski definition) is 0. The monoisotopic (exact) mass is 337 g/mol. The predicted molar refractivity (Wildman–Crippen MR) is 106 cm³/mol. The van der Waals surface area contributed by atoms with Crippen LogP contribution in [0.2, 0.25) is 0 Å². The molecule has 132 valence electrons. The van der Waals surface area contributed by atoms with Crippen LogP contribution < -0.4 is 0 Å². The average Bonchev–Trinajstić information content (AvgIpc) is 2.70. The van der Waals surface area contributed by atoms with Gasteiger partial charge in [0.15, 0.2) is 0 Å². The van der Waals surface area contributed by atoms with E-state index in [-0.39, 0.29) is 5.97 Å². The number of ether oxygens (including phenoxy) is 1. The molecule has 3 heteroatoms. The summed E-state index contributed by atoms with van der Waals surface area (Å²) in [6.45, 7) is 9.91. The number of methoxy groups -OCH3 is 1. The maximum atomic E-state index is 12.2. The van der Waals surface area contributed by atoms with Gasteiger partial charge in [0.25, 0.3) is 0 Å². The Morgan fingerprint density at radius 3 is 2.04 bits per heavy atom. The number of hydrogen-bond acceptors (Lipinski definition) is 3. The van der Waals surface area contributed by atoms with E-state index in [2.05, 4.69) is 0 Å². The molecule has 25 heavy (non-hydrogen) atoms. The van der Waals surface area contributed by atoms with Crippen LogP contribution in [0.5, 0.6) is 0 Å². The van der Waals surface area contributed by atoms with Crippen molar-refractivity contribution >= 4 is 16.9 Å². The quantitative estimate of drug-likeness (QED) is 0.534. The third-order valence-electron chi connectivity index (χ3n) is 3.57. The van der Waals surface area contributed by atoms with E-state index in [0.29, 0.717) is 5.56 Å². The van der Waals surface area contributed by atoms with Crippen molar-refractivity contribution in [1.82, 2.24) is 4.98 Å². The first kappa shape index (κ1) is 20.4. The van der Waals surface area contributed by atoms with Gasteiger partial charge >= 0.3 is 5.97 Å². The van der Waals surface area contributed by atoms with Crippen LogP contribution in [-0.2, 0) is 4.74 Å². The number of carbonyl (C=O) groups excluding carboxylic acids is 1. The first-order valence-electron chi connectivity index (χ1n) is 8.75. The fourth-order valence-electron chi connectivity index (χ4n) is 2.55. The van der Waals surface area contributed by atoms with Crippen molar-refractivity contribution in [3.8, 4) is 11.3 Å². The minimum Gasteiger partial charge on any atom is -0.465 e. The van der Waals surface area contributed by atoms with Crippen LogP contribution in [0, 0.1) is 6.92 Å². The Labute approximate surface area is 150 Å². The Bertz CT molecular complexity index is 811. The van der Waals surface area contributed by atoms with Gasteiger partial charge in [-0.3, -0.25) is 0 Å². The first-order chi connectivity index (χ1) is 12.2. The predicted octanol–water partition coefficient (Wildman–Crippen LogP) is 6.05. The molecule has 0 saturated carbocycles. The summed E-state index contributed by atoms with van der Waals surface area (Å²) in [5.74, 6) is -0.330. The summed E-state index contributed by atoms with van der Waals surface area (Å²) in [6.07, 6.45) is 0. The normalized spacial score (nSPS) is 9.36. The zero-order valence-corrected chi connectivity index (χ0v) is 16.0. The highest BCUT2D eigenvalue weighted by Gasteiger charge is 2.18. The van der Waals surface area contributed by atoms with Crippen LogP contribution >= 0.6 is 0 Å².